The van der Waals surface area contributed by atoms with Crippen molar-refractivity contribution < 1.29 is 9.47 Å². The van der Waals surface area contributed by atoms with Crippen molar-refractivity contribution in [2.75, 3.05) is 11.5 Å². The molecule has 0 saturated heterocycles. The zero-order chi connectivity index (χ0) is 32.8. The molecule has 0 aliphatic rings. The van der Waals surface area contributed by atoms with Crippen LogP contribution in [0, 0.1) is 27.7 Å². The molecule has 8 heteroatoms. The van der Waals surface area contributed by atoms with Crippen molar-refractivity contribution in [3.8, 4) is 45.5 Å². The van der Waals surface area contributed by atoms with E-state index in [0.717, 1.165) is 80.6 Å². The second-order valence-electron chi connectivity index (χ2n) is 11.2. The van der Waals surface area contributed by atoms with Crippen LogP contribution in [0.3, 0.4) is 0 Å². The van der Waals surface area contributed by atoms with E-state index in [1.165, 1.54) is 33.8 Å². The number of ether oxygens (including phenoxy) is 2. The highest BCUT2D eigenvalue weighted by Gasteiger charge is 2.13. The van der Waals surface area contributed by atoms with Gasteiger partial charge in [0.15, 0.2) is 10.3 Å². The van der Waals surface area contributed by atoms with Gasteiger partial charge in [-0.15, -0.1) is 22.7 Å². The lowest BCUT2D eigenvalue weighted by atomic mass is 10.0. The third-order valence-corrected chi connectivity index (χ3v) is 9.05. The molecule has 0 atom stereocenters. The van der Waals surface area contributed by atoms with E-state index in [1.54, 1.807) is 0 Å². The second-order valence-corrected chi connectivity index (χ2v) is 13.0. The first kappa shape index (κ1) is 32.7. The summed E-state index contributed by atoms with van der Waals surface area (Å²) in [5.74, 6) is 3.39. The van der Waals surface area contributed by atoms with Crippen molar-refractivity contribution in [2.24, 2.45) is 0 Å². The van der Waals surface area contributed by atoms with Crippen LogP contribution in [0.1, 0.15) is 47.2 Å². The molecule has 0 amide bonds. The summed E-state index contributed by atoms with van der Waals surface area (Å²) in [6, 6.07) is 24.6. The number of hydrogen-bond acceptors (Lipinski definition) is 8. The van der Waals surface area contributed by atoms with E-state index in [2.05, 4.69) is 75.8 Å². The maximum Gasteiger partial charge on any atom is 0.180 e. The van der Waals surface area contributed by atoms with Gasteiger partial charge < -0.3 is 20.9 Å². The number of benzene rings is 4. The highest BCUT2D eigenvalue weighted by Crippen LogP contribution is 2.35. The Hall–Kier alpha value is -4.66. The number of hydrogen-bond donors (Lipinski definition) is 2. The predicted octanol–water partition coefficient (Wildman–Crippen LogP) is 10.7. The van der Waals surface area contributed by atoms with Crippen LogP contribution >= 0.6 is 22.7 Å². The zero-order valence-electron chi connectivity index (χ0n) is 27.2. The number of aryl methyl sites for hydroxylation is 6. The molecule has 2 heterocycles. The van der Waals surface area contributed by atoms with Crippen molar-refractivity contribution >= 4 is 32.9 Å². The van der Waals surface area contributed by atoms with E-state index in [9.17, 15) is 0 Å². The van der Waals surface area contributed by atoms with Crippen LogP contribution in [0.2, 0.25) is 0 Å². The number of aromatic nitrogens is 2. The third-order valence-electron chi connectivity index (χ3n) is 7.70. The second kappa shape index (κ2) is 14.6. The van der Waals surface area contributed by atoms with Gasteiger partial charge in [-0.05, 0) is 122 Å². The molecular weight excluding hydrogens is 609 g/mol. The van der Waals surface area contributed by atoms with Gasteiger partial charge in [0.1, 0.15) is 23.0 Å². The molecule has 46 heavy (non-hydrogen) atoms. The summed E-state index contributed by atoms with van der Waals surface area (Å²) in [7, 11) is 0. The number of nitrogens with two attached hydrogens (primary N) is 2. The van der Waals surface area contributed by atoms with Crippen LogP contribution in [-0.2, 0) is 12.8 Å². The average Bonchev–Trinajstić information content (AvgIpc) is 3.65. The molecule has 0 saturated carbocycles. The van der Waals surface area contributed by atoms with Crippen molar-refractivity contribution in [1.29, 1.82) is 0 Å². The number of rotatable bonds is 8. The van der Waals surface area contributed by atoms with E-state index in [-0.39, 0.29) is 0 Å². The quantitative estimate of drug-likeness (QED) is 0.170. The van der Waals surface area contributed by atoms with Crippen molar-refractivity contribution in [1.82, 2.24) is 9.97 Å². The Balaban J connectivity index is 0.000000181. The first-order valence-electron chi connectivity index (χ1n) is 15.3. The molecule has 6 aromatic rings. The van der Waals surface area contributed by atoms with Crippen molar-refractivity contribution in [3.63, 3.8) is 0 Å². The van der Waals surface area contributed by atoms with E-state index in [4.69, 9.17) is 20.9 Å². The van der Waals surface area contributed by atoms with Gasteiger partial charge in [0.25, 0.3) is 0 Å². The molecule has 0 fully saturated rings. The summed E-state index contributed by atoms with van der Waals surface area (Å²) in [6.45, 7) is 12.6. The number of nitrogens with zero attached hydrogens (tertiary/aromatic N) is 2. The molecule has 4 N–H and O–H groups in total. The smallest absolute Gasteiger partial charge is 0.180 e. The fraction of sp³-hybridized carbons (Fsp3) is 0.211. The molecule has 0 aliphatic carbocycles. The fourth-order valence-electron chi connectivity index (χ4n) is 5.44. The van der Waals surface area contributed by atoms with Gasteiger partial charge in [0.05, 0.1) is 11.4 Å². The average molecular weight is 649 g/mol. The molecule has 0 bridgehead atoms. The topological polar surface area (TPSA) is 96.3 Å². The number of anilines is 2. The van der Waals surface area contributed by atoms with Gasteiger partial charge in [0.2, 0.25) is 0 Å². The summed E-state index contributed by atoms with van der Waals surface area (Å²) in [4.78, 5) is 8.78. The highest BCUT2D eigenvalue weighted by atomic mass is 32.1. The SMILES string of the molecule is CCc1ccc(Oc2cc(C)c(-c3csc(N)n3)c(C)c2)cc1.CCc1ccc(Oc2cc(C)c(-c3csc(N)n3)c(C)c2)cc1. The fourth-order valence-corrected chi connectivity index (χ4v) is 6.54. The minimum atomic E-state index is 0.593. The van der Waals surface area contributed by atoms with Crippen LogP contribution < -0.4 is 20.9 Å². The van der Waals surface area contributed by atoms with Crippen molar-refractivity contribution in [3.05, 3.63) is 117 Å². The number of thiazole rings is 2. The maximum absolute atomic E-state index is 5.99. The Morgan fingerprint density at radius 2 is 0.848 bits per heavy atom. The number of nitrogen functional groups attached to an aromatic ring is 2. The van der Waals surface area contributed by atoms with Crippen LogP contribution in [0.25, 0.3) is 22.5 Å². The highest BCUT2D eigenvalue weighted by molar-refractivity contribution is 7.14. The van der Waals surface area contributed by atoms with E-state index in [0.29, 0.717) is 10.3 Å². The van der Waals surface area contributed by atoms with Gasteiger partial charge in [0, 0.05) is 21.9 Å². The van der Waals surface area contributed by atoms with Gasteiger partial charge in [-0.1, -0.05) is 38.1 Å². The molecule has 4 aromatic carbocycles. The van der Waals surface area contributed by atoms with Gasteiger partial charge in [-0.3, -0.25) is 0 Å². The van der Waals surface area contributed by atoms with Gasteiger partial charge in [-0.25, -0.2) is 9.97 Å². The maximum atomic E-state index is 5.99. The molecule has 0 aliphatic heterocycles. The molecule has 2 aromatic heterocycles. The monoisotopic (exact) mass is 648 g/mol. The standard InChI is InChI=1S/2C19H20N2OS/c2*1-4-14-5-7-15(8-6-14)22-16-9-12(2)18(13(3)10-16)17-11-23-19(20)21-17/h2*5-11H,4H2,1-3H3,(H2,20,21). The minimum absolute atomic E-state index is 0.593. The van der Waals surface area contributed by atoms with Crippen LogP contribution in [0.15, 0.2) is 83.6 Å². The lowest BCUT2D eigenvalue weighted by Crippen LogP contribution is -1.93. The molecule has 0 unspecified atom stereocenters. The van der Waals surface area contributed by atoms with Gasteiger partial charge >= 0.3 is 0 Å². The molecule has 236 valence electrons. The van der Waals surface area contributed by atoms with Crippen molar-refractivity contribution in [2.45, 2.75) is 54.4 Å². The largest absolute Gasteiger partial charge is 0.457 e. The Labute approximate surface area is 279 Å². The molecular formula is C38H40N4O2S2. The predicted molar refractivity (Wildman–Crippen MR) is 195 cm³/mol. The summed E-state index contributed by atoms with van der Waals surface area (Å²) < 4.78 is 12.0. The van der Waals surface area contributed by atoms with Crippen LogP contribution in [-0.4, -0.2) is 9.97 Å². The molecule has 6 nitrogen and oxygen atoms in total. The Morgan fingerprint density at radius 3 is 1.11 bits per heavy atom. The Kier molecular flexibility index (Phi) is 10.4. The third kappa shape index (κ3) is 7.94. The lowest BCUT2D eigenvalue weighted by Gasteiger charge is -2.12. The molecule has 0 radical (unpaired) electrons. The van der Waals surface area contributed by atoms with E-state index < -0.39 is 0 Å². The van der Waals surface area contributed by atoms with E-state index >= 15 is 0 Å². The van der Waals surface area contributed by atoms with Gasteiger partial charge in [-0.2, -0.15) is 0 Å². The summed E-state index contributed by atoms with van der Waals surface area (Å²) in [5.41, 5.74) is 22.8. The summed E-state index contributed by atoms with van der Waals surface area (Å²) in [6.07, 6.45) is 2.06. The first-order valence-corrected chi connectivity index (χ1v) is 17.1. The lowest BCUT2D eigenvalue weighted by molar-refractivity contribution is 0.481. The van der Waals surface area contributed by atoms with E-state index in [1.807, 2.05) is 59.3 Å². The summed E-state index contributed by atoms with van der Waals surface area (Å²) in [5, 5.41) is 5.17. The summed E-state index contributed by atoms with van der Waals surface area (Å²) >= 11 is 2.92. The van der Waals surface area contributed by atoms with Crippen LogP contribution in [0.5, 0.6) is 23.0 Å². The molecule has 0 spiro atoms. The minimum Gasteiger partial charge on any atom is -0.457 e. The Morgan fingerprint density at radius 1 is 0.522 bits per heavy atom. The first-order chi connectivity index (χ1) is 22.1. The zero-order valence-corrected chi connectivity index (χ0v) is 28.8. The Bertz CT molecular complexity index is 1740. The normalized spacial score (nSPS) is 10.7. The molecule has 6 rings (SSSR count). The van der Waals surface area contributed by atoms with Crippen LogP contribution in [0.4, 0.5) is 10.3 Å².